The van der Waals surface area contributed by atoms with Gasteiger partial charge in [-0.2, -0.15) is 0 Å². The number of nitrogens with one attached hydrogen (secondary N) is 2. The first-order valence-corrected chi connectivity index (χ1v) is 9.57. The Hall–Kier alpha value is -0.610. The topological polar surface area (TPSA) is 86.2 Å². The summed E-state index contributed by atoms with van der Waals surface area (Å²) in [5.41, 5.74) is 0.000292. The van der Waals surface area contributed by atoms with Gasteiger partial charge in [-0.25, -0.2) is 0 Å². The van der Waals surface area contributed by atoms with Gasteiger partial charge >= 0.3 is 0 Å². The van der Waals surface area contributed by atoms with E-state index < -0.39 is 0 Å². The van der Waals surface area contributed by atoms with Crippen LogP contribution in [0.4, 0.5) is 0 Å². The number of aliphatic hydroxyl groups excluding tert-OH is 1. The van der Waals surface area contributed by atoms with Crippen molar-refractivity contribution in [2.24, 2.45) is 10.4 Å². The molecule has 2 aliphatic rings. The van der Waals surface area contributed by atoms with Crippen LogP contribution in [0.1, 0.15) is 45.4 Å². The highest BCUT2D eigenvalue weighted by Crippen LogP contribution is 2.31. The van der Waals surface area contributed by atoms with Crippen molar-refractivity contribution in [1.29, 1.82) is 0 Å². The summed E-state index contributed by atoms with van der Waals surface area (Å²) in [6, 6.07) is 0.310. The molecule has 3 N–H and O–H groups in total. The van der Waals surface area contributed by atoms with E-state index in [1.807, 2.05) is 4.90 Å². The quantitative estimate of drug-likeness (QED) is 0.263. The summed E-state index contributed by atoms with van der Waals surface area (Å²) in [5, 5.41) is 16.0. The molecule has 2 atom stereocenters. The Morgan fingerprint density at radius 3 is 2.81 bits per heavy atom. The molecular weight excluding hydrogens is 447 g/mol. The van der Waals surface area contributed by atoms with Crippen LogP contribution in [-0.2, 0) is 9.53 Å². The fourth-order valence-electron chi connectivity index (χ4n) is 3.80. The number of likely N-dealkylation sites (tertiary alicyclic amines) is 1. The van der Waals surface area contributed by atoms with Crippen molar-refractivity contribution >= 4 is 35.8 Å². The second-order valence-corrected chi connectivity index (χ2v) is 7.17. The molecule has 2 rings (SSSR count). The third-order valence-electron chi connectivity index (χ3n) is 5.47. The molecule has 2 heterocycles. The van der Waals surface area contributed by atoms with Crippen LogP contribution >= 0.6 is 24.0 Å². The maximum Gasteiger partial charge on any atom is 0.222 e. The molecule has 8 heteroatoms. The third-order valence-corrected chi connectivity index (χ3v) is 5.47. The Bertz CT molecular complexity index is 456. The fourth-order valence-corrected chi connectivity index (χ4v) is 3.80. The number of halogens is 1. The summed E-state index contributed by atoms with van der Waals surface area (Å²) >= 11 is 0. The molecule has 152 valence electrons. The van der Waals surface area contributed by atoms with Gasteiger partial charge in [-0.05, 0) is 32.1 Å². The van der Waals surface area contributed by atoms with Crippen LogP contribution in [0.15, 0.2) is 4.99 Å². The number of hydrogen-bond donors (Lipinski definition) is 3. The molecule has 0 bridgehead atoms. The van der Waals surface area contributed by atoms with Crippen LogP contribution in [-0.4, -0.2) is 74.4 Å². The normalized spacial score (nSPS) is 24.5. The van der Waals surface area contributed by atoms with Crippen LogP contribution < -0.4 is 10.6 Å². The van der Waals surface area contributed by atoms with Crippen LogP contribution in [0, 0.1) is 5.41 Å². The van der Waals surface area contributed by atoms with Gasteiger partial charge in [-0.15, -0.1) is 24.0 Å². The van der Waals surface area contributed by atoms with Gasteiger partial charge in [0.2, 0.25) is 5.91 Å². The van der Waals surface area contributed by atoms with Gasteiger partial charge in [0.25, 0.3) is 0 Å². The Labute approximate surface area is 174 Å². The predicted octanol–water partition coefficient (Wildman–Crippen LogP) is 1.35. The number of guanidine groups is 1. The van der Waals surface area contributed by atoms with Crippen molar-refractivity contribution < 1.29 is 14.6 Å². The van der Waals surface area contributed by atoms with Gasteiger partial charge < -0.3 is 25.4 Å². The van der Waals surface area contributed by atoms with Crippen LogP contribution in [0.2, 0.25) is 0 Å². The zero-order valence-corrected chi connectivity index (χ0v) is 18.5. The summed E-state index contributed by atoms with van der Waals surface area (Å²) in [4.78, 5) is 18.2. The number of ether oxygens (including phenoxy) is 1. The number of aliphatic hydroxyl groups is 1. The molecule has 2 fully saturated rings. The molecule has 2 saturated heterocycles. The molecule has 2 aliphatic heterocycles. The lowest BCUT2D eigenvalue weighted by atomic mass is 9.84. The summed E-state index contributed by atoms with van der Waals surface area (Å²) in [6.07, 6.45) is 5.30. The van der Waals surface area contributed by atoms with Crippen LogP contribution in [0.3, 0.4) is 0 Å². The molecule has 2 unspecified atom stereocenters. The largest absolute Gasteiger partial charge is 0.396 e. The van der Waals surface area contributed by atoms with Crippen LogP contribution in [0.5, 0.6) is 0 Å². The molecular formula is C18H35IN4O3. The fraction of sp³-hybridized carbons (Fsp3) is 0.889. The van der Waals surface area contributed by atoms with Crippen LogP contribution in [0.25, 0.3) is 0 Å². The van der Waals surface area contributed by atoms with Gasteiger partial charge in [-0.3, -0.25) is 9.79 Å². The molecule has 0 spiro atoms. The van der Waals surface area contributed by atoms with Crippen molar-refractivity contribution in [1.82, 2.24) is 15.5 Å². The number of nitrogens with zero attached hydrogens (tertiary/aromatic N) is 2. The van der Waals surface area contributed by atoms with Crippen molar-refractivity contribution in [3.63, 3.8) is 0 Å². The van der Waals surface area contributed by atoms with E-state index >= 15 is 0 Å². The lowest BCUT2D eigenvalue weighted by molar-refractivity contribution is -0.129. The number of carbonyl (C=O) groups excluding carboxylic acids is 1. The summed E-state index contributed by atoms with van der Waals surface area (Å²) in [6.45, 7) is 6.19. The first-order valence-electron chi connectivity index (χ1n) is 9.57. The predicted molar refractivity (Wildman–Crippen MR) is 114 cm³/mol. The van der Waals surface area contributed by atoms with E-state index in [1.165, 1.54) is 0 Å². The van der Waals surface area contributed by atoms with Gasteiger partial charge in [-0.1, -0.05) is 6.92 Å². The van der Waals surface area contributed by atoms with E-state index in [1.54, 1.807) is 7.05 Å². The van der Waals surface area contributed by atoms with E-state index in [9.17, 15) is 9.90 Å². The Balaban J connectivity index is 0.00000338. The van der Waals surface area contributed by atoms with Gasteiger partial charge in [0, 0.05) is 57.8 Å². The molecule has 1 amide bonds. The minimum atomic E-state index is 0. The van der Waals surface area contributed by atoms with Gasteiger partial charge in [0.1, 0.15) is 0 Å². The SMILES string of the molecule is CCC(CCNC(=NC)NCC1(CCO)CCOC1)N1CCCC1=O.I. The van der Waals surface area contributed by atoms with Crippen molar-refractivity contribution in [3.05, 3.63) is 0 Å². The lowest BCUT2D eigenvalue weighted by Crippen LogP contribution is -2.46. The molecule has 0 aromatic carbocycles. The second kappa shape index (κ2) is 12.0. The van der Waals surface area contributed by atoms with Crippen molar-refractivity contribution in [3.8, 4) is 0 Å². The lowest BCUT2D eigenvalue weighted by Gasteiger charge is -2.29. The standard InChI is InChI=1S/C18H34N4O3.HI/c1-3-15(22-10-4-5-16(22)24)6-9-20-17(19-2)21-13-18(7-11-23)8-12-25-14-18;/h15,23H,3-14H2,1-2H3,(H2,19,20,21);1H. The maximum absolute atomic E-state index is 11.9. The van der Waals surface area contributed by atoms with E-state index in [4.69, 9.17) is 4.74 Å². The van der Waals surface area contributed by atoms with E-state index in [0.717, 1.165) is 64.3 Å². The van der Waals surface area contributed by atoms with E-state index in [0.29, 0.717) is 25.0 Å². The van der Waals surface area contributed by atoms with Crippen molar-refractivity contribution in [2.45, 2.75) is 51.5 Å². The number of aliphatic imine (C=N–C) groups is 1. The average molecular weight is 482 g/mol. The first-order chi connectivity index (χ1) is 12.1. The van der Waals surface area contributed by atoms with Crippen molar-refractivity contribution in [2.75, 3.05) is 46.5 Å². The first kappa shape index (κ1) is 23.4. The molecule has 0 aliphatic carbocycles. The molecule has 7 nitrogen and oxygen atoms in total. The highest BCUT2D eigenvalue weighted by molar-refractivity contribution is 14.0. The molecule has 0 aromatic rings. The van der Waals surface area contributed by atoms with Gasteiger partial charge in [0.15, 0.2) is 5.96 Å². The molecule has 0 aromatic heterocycles. The molecule has 26 heavy (non-hydrogen) atoms. The third kappa shape index (κ3) is 6.53. The van der Waals surface area contributed by atoms with Gasteiger partial charge in [0.05, 0.1) is 6.61 Å². The monoisotopic (exact) mass is 482 g/mol. The highest BCUT2D eigenvalue weighted by atomic mass is 127. The Morgan fingerprint density at radius 1 is 1.46 bits per heavy atom. The summed E-state index contributed by atoms with van der Waals surface area (Å²) in [5.74, 6) is 1.06. The second-order valence-electron chi connectivity index (χ2n) is 7.17. The zero-order valence-electron chi connectivity index (χ0n) is 16.1. The maximum atomic E-state index is 11.9. The minimum absolute atomic E-state index is 0. The Kier molecular flexibility index (Phi) is 10.8. The summed E-state index contributed by atoms with van der Waals surface area (Å²) < 4.78 is 5.52. The van der Waals surface area contributed by atoms with E-state index in [-0.39, 0.29) is 36.0 Å². The highest BCUT2D eigenvalue weighted by Gasteiger charge is 2.34. The zero-order chi connectivity index (χ0) is 18.1. The average Bonchev–Trinajstić information content (AvgIpc) is 3.25. The van der Waals surface area contributed by atoms with E-state index in [2.05, 4.69) is 22.5 Å². The molecule has 0 radical (unpaired) electrons. The number of amides is 1. The smallest absolute Gasteiger partial charge is 0.222 e. The Morgan fingerprint density at radius 2 is 2.27 bits per heavy atom. The summed E-state index contributed by atoms with van der Waals surface area (Å²) in [7, 11) is 1.76. The number of rotatable bonds is 9. The number of hydrogen-bond acceptors (Lipinski definition) is 4. The molecule has 0 saturated carbocycles. The minimum Gasteiger partial charge on any atom is -0.396 e. The number of carbonyl (C=O) groups is 1.